The molecule has 1 heterocycles. The van der Waals surface area contributed by atoms with Crippen LogP contribution in [0.1, 0.15) is 85.0 Å². The van der Waals surface area contributed by atoms with Gasteiger partial charge >= 0.3 is 0 Å². The fraction of sp³-hybridized carbons (Fsp3) is 0.882. The highest BCUT2D eigenvalue weighted by atomic mass is 16.5. The molecule has 1 rings (SSSR count). The second-order valence-corrected chi connectivity index (χ2v) is 5.79. The summed E-state index contributed by atoms with van der Waals surface area (Å²) in [5.74, 6) is 2.07. The van der Waals surface area contributed by atoms with E-state index in [1.165, 1.54) is 75.5 Å². The number of ether oxygens (including phenoxy) is 1. The number of rotatable bonds is 9. The first-order valence-corrected chi connectivity index (χ1v) is 8.12. The van der Waals surface area contributed by atoms with E-state index in [2.05, 4.69) is 20.8 Å². The van der Waals surface area contributed by atoms with Crippen molar-refractivity contribution in [2.75, 3.05) is 6.61 Å². The van der Waals surface area contributed by atoms with E-state index in [1.54, 1.807) is 0 Å². The standard InChI is InChI=1S/C17H32O/c1-4-6-7-8-9-13-16(11-5-2)17-15(3)12-10-14-18-17/h16H,4-14H2,1-3H3. The van der Waals surface area contributed by atoms with Crippen molar-refractivity contribution in [3.8, 4) is 0 Å². The SMILES string of the molecule is CCCCCCCC(CCC)C1=C(C)CCCO1. The average Bonchev–Trinajstić information content (AvgIpc) is 2.38. The van der Waals surface area contributed by atoms with Gasteiger partial charge in [-0.3, -0.25) is 0 Å². The molecule has 0 fully saturated rings. The molecule has 18 heavy (non-hydrogen) atoms. The van der Waals surface area contributed by atoms with Crippen molar-refractivity contribution in [2.45, 2.75) is 85.0 Å². The lowest BCUT2D eigenvalue weighted by Gasteiger charge is -2.26. The average molecular weight is 252 g/mol. The van der Waals surface area contributed by atoms with E-state index >= 15 is 0 Å². The van der Waals surface area contributed by atoms with Gasteiger partial charge in [0.15, 0.2) is 0 Å². The van der Waals surface area contributed by atoms with Crippen LogP contribution in [0.2, 0.25) is 0 Å². The van der Waals surface area contributed by atoms with Gasteiger partial charge in [-0.25, -0.2) is 0 Å². The summed E-state index contributed by atoms with van der Waals surface area (Å²) in [6.07, 6.45) is 13.3. The number of hydrogen-bond acceptors (Lipinski definition) is 1. The quantitative estimate of drug-likeness (QED) is 0.468. The van der Waals surface area contributed by atoms with Crippen LogP contribution >= 0.6 is 0 Å². The Balaban J connectivity index is 2.38. The normalized spacial score (nSPS) is 17.7. The van der Waals surface area contributed by atoms with E-state index in [4.69, 9.17) is 4.74 Å². The van der Waals surface area contributed by atoms with Gasteiger partial charge < -0.3 is 4.74 Å². The Kier molecular flexibility index (Phi) is 8.20. The van der Waals surface area contributed by atoms with Crippen molar-refractivity contribution in [2.24, 2.45) is 5.92 Å². The number of allylic oxidation sites excluding steroid dienone is 2. The van der Waals surface area contributed by atoms with Gasteiger partial charge in [0.05, 0.1) is 12.4 Å². The fourth-order valence-electron chi connectivity index (χ4n) is 2.98. The molecular formula is C17H32O. The Labute approximate surface area is 114 Å². The van der Waals surface area contributed by atoms with E-state index in [0.717, 1.165) is 6.61 Å². The lowest BCUT2D eigenvalue weighted by molar-refractivity contribution is 0.145. The summed E-state index contributed by atoms with van der Waals surface area (Å²) in [6.45, 7) is 7.80. The Morgan fingerprint density at radius 1 is 1.00 bits per heavy atom. The third-order valence-corrected chi connectivity index (χ3v) is 4.04. The second-order valence-electron chi connectivity index (χ2n) is 5.79. The molecule has 1 nitrogen and oxygen atoms in total. The topological polar surface area (TPSA) is 9.23 Å². The highest BCUT2D eigenvalue weighted by molar-refractivity contribution is 5.11. The van der Waals surface area contributed by atoms with Crippen molar-refractivity contribution in [3.63, 3.8) is 0 Å². The summed E-state index contributed by atoms with van der Waals surface area (Å²) < 4.78 is 5.96. The summed E-state index contributed by atoms with van der Waals surface area (Å²) in [4.78, 5) is 0. The van der Waals surface area contributed by atoms with Gasteiger partial charge in [0.25, 0.3) is 0 Å². The molecule has 0 aliphatic carbocycles. The third kappa shape index (κ3) is 5.46. The van der Waals surface area contributed by atoms with Gasteiger partial charge in [0.2, 0.25) is 0 Å². The molecule has 0 saturated heterocycles. The smallest absolute Gasteiger partial charge is 0.0979 e. The Morgan fingerprint density at radius 2 is 1.78 bits per heavy atom. The predicted molar refractivity (Wildman–Crippen MR) is 79.7 cm³/mol. The molecule has 0 bridgehead atoms. The second kappa shape index (κ2) is 9.47. The van der Waals surface area contributed by atoms with Crippen LogP contribution in [0.5, 0.6) is 0 Å². The summed E-state index contributed by atoms with van der Waals surface area (Å²) in [7, 11) is 0. The third-order valence-electron chi connectivity index (χ3n) is 4.04. The lowest BCUT2D eigenvalue weighted by atomic mass is 9.90. The molecule has 0 radical (unpaired) electrons. The van der Waals surface area contributed by atoms with Crippen LogP contribution in [-0.4, -0.2) is 6.61 Å². The largest absolute Gasteiger partial charge is 0.498 e. The van der Waals surface area contributed by atoms with Gasteiger partial charge in [-0.05, 0) is 38.2 Å². The highest BCUT2D eigenvalue weighted by Crippen LogP contribution is 2.31. The Hall–Kier alpha value is -0.460. The lowest BCUT2D eigenvalue weighted by Crippen LogP contribution is -2.14. The summed E-state index contributed by atoms with van der Waals surface area (Å²) in [5, 5.41) is 0. The molecule has 1 aliphatic heterocycles. The molecule has 0 aromatic heterocycles. The summed E-state index contributed by atoms with van der Waals surface area (Å²) >= 11 is 0. The van der Waals surface area contributed by atoms with Crippen LogP contribution < -0.4 is 0 Å². The van der Waals surface area contributed by atoms with Crippen molar-refractivity contribution < 1.29 is 4.74 Å². The maximum Gasteiger partial charge on any atom is 0.0979 e. The number of unbranched alkanes of at least 4 members (excludes halogenated alkanes) is 4. The molecule has 0 spiro atoms. The van der Waals surface area contributed by atoms with E-state index in [0.29, 0.717) is 5.92 Å². The minimum absolute atomic E-state index is 0.705. The molecule has 106 valence electrons. The molecule has 1 atom stereocenters. The Morgan fingerprint density at radius 3 is 2.44 bits per heavy atom. The van der Waals surface area contributed by atoms with Crippen LogP contribution in [0.15, 0.2) is 11.3 Å². The predicted octanol–water partition coefficient (Wildman–Crippen LogP) is 5.85. The maximum atomic E-state index is 5.96. The molecule has 0 N–H and O–H groups in total. The van der Waals surface area contributed by atoms with Crippen LogP contribution in [0.25, 0.3) is 0 Å². The first-order chi connectivity index (χ1) is 8.79. The first-order valence-electron chi connectivity index (χ1n) is 8.12. The van der Waals surface area contributed by atoms with Crippen LogP contribution in [0, 0.1) is 5.92 Å². The van der Waals surface area contributed by atoms with E-state index in [9.17, 15) is 0 Å². The first kappa shape index (κ1) is 15.6. The molecule has 0 amide bonds. The van der Waals surface area contributed by atoms with E-state index < -0.39 is 0 Å². The van der Waals surface area contributed by atoms with Gasteiger partial charge in [-0.15, -0.1) is 0 Å². The zero-order valence-corrected chi connectivity index (χ0v) is 12.8. The minimum Gasteiger partial charge on any atom is -0.498 e. The van der Waals surface area contributed by atoms with Gasteiger partial charge in [-0.1, -0.05) is 52.4 Å². The zero-order valence-electron chi connectivity index (χ0n) is 12.8. The molecule has 0 saturated carbocycles. The van der Waals surface area contributed by atoms with Crippen LogP contribution in [0.3, 0.4) is 0 Å². The fourth-order valence-corrected chi connectivity index (χ4v) is 2.98. The van der Waals surface area contributed by atoms with Crippen molar-refractivity contribution in [1.82, 2.24) is 0 Å². The summed E-state index contributed by atoms with van der Waals surface area (Å²) in [6, 6.07) is 0. The van der Waals surface area contributed by atoms with Crippen molar-refractivity contribution >= 4 is 0 Å². The molecule has 1 heteroatoms. The zero-order chi connectivity index (χ0) is 13.2. The van der Waals surface area contributed by atoms with E-state index in [-0.39, 0.29) is 0 Å². The molecule has 1 aliphatic rings. The summed E-state index contributed by atoms with van der Waals surface area (Å²) in [5.41, 5.74) is 1.52. The van der Waals surface area contributed by atoms with Crippen molar-refractivity contribution in [1.29, 1.82) is 0 Å². The minimum atomic E-state index is 0.705. The van der Waals surface area contributed by atoms with Crippen LogP contribution in [-0.2, 0) is 4.74 Å². The van der Waals surface area contributed by atoms with Crippen LogP contribution in [0.4, 0.5) is 0 Å². The molecule has 0 aromatic carbocycles. The number of hydrogen-bond donors (Lipinski definition) is 0. The molecule has 0 aromatic rings. The van der Waals surface area contributed by atoms with Gasteiger partial charge in [0.1, 0.15) is 0 Å². The van der Waals surface area contributed by atoms with Gasteiger partial charge in [0, 0.05) is 5.92 Å². The van der Waals surface area contributed by atoms with E-state index in [1.807, 2.05) is 0 Å². The van der Waals surface area contributed by atoms with Gasteiger partial charge in [-0.2, -0.15) is 0 Å². The Bertz CT molecular complexity index is 242. The highest BCUT2D eigenvalue weighted by Gasteiger charge is 2.20. The van der Waals surface area contributed by atoms with Crippen molar-refractivity contribution in [3.05, 3.63) is 11.3 Å². The maximum absolute atomic E-state index is 5.96. The monoisotopic (exact) mass is 252 g/mol. The molecule has 1 unspecified atom stereocenters. The molecular weight excluding hydrogens is 220 g/mol.